The lowest BCUT2D eigenvalue weighted by atomic mass is 9.86. The number of hydrogen-bond donors (Lipinski definition) is 1. The van der Waals surface area contributed by atoms with Gasteiger partial charge in [0.2, 0.25) is 0 Å². The average molecular weight is 312 g/mol. The number of nitrogens with zero attached hydrogens (tertiary/aromatic N) is 1. The van der Waals surface area contributed by atoms with Crippen molar-refractivity contribution in [3.8, 4) is 0 Å². The van der Waals surface area contributed by atoms with Gasteiger partial charge in [0.25, 0.3) is 0 Å². The van der Waals surface area contributed by atoms with E-state index < -0.39 is 23.3 Å². The third kappa shape index (κ3) is 4.16. The van der Waals surface area contributed by atoms with E-state index in [4.69, 9.17) is 10.5 Å². The summed E-state index contributed by atoms with van der Waals surface area (Å²) < 4.78 is 32.1. The lowest BCUT2D eigenvalue weighted by Gasteiger charge is -2.37. The summed E-state index contributed by atoms with van der Waals surface area (Å²) in [4.78, 5) is 13.7. The molecule has 4 nitrogen and oxygen atoms in total. The van der Waals surface area contributed by atoms with Crippen LogP contribution in [0, 0.1) is 11.6 Å². The van der Waals surface area contributed by atoms with Crippen LogP contribution in [0.5, 0.6) is 0 Å². The summed E-state index contributed by atoms with van der Waals surface area (Å²) in [7, 11) is 0. The normalized spacial score (nSPS) is 22.5. The molecular weight excluding hydrogens is 290 g/mol. The number of halogens is 2. The van der Waals surface area contributed by atoms with Gasteiger partial charge in [0.05, 0.1) is 0 Å². The Hall–Kier alpha value is -1.69. The van der Waals surface area contributed by atoms with Crippen molar-refractivity contribution in [1.82, 2.24) is 4.90 Å². The molecule has 1 saturated heterocycles. The molecule has 1 aliphatic rings. The van der Waals surface area contributed by atoms with Crippen molar-refractivity contribution in [1.29, 1.82) is 0 Å². The first-order valence-electron chi connectivity index (χ1n) is 7.35. The van der Waals surface area contributed by atoms with Gasteiger partial charge in [0.15, 0.2) is 0 Å². The van der Waals surface area contributed by atoms with E-state index in [2.05, 4.69) is 0 Å². The summed E-state index contributed by atoms with van der Waals surface area (Å²) in [5, 5.41) is 0. The molecule has 1 aromatic rings. The Labute approximate surface area is 129 Å². The first-order chi connectivity index (χ1) is 10.2. The number of amides is 1. The van der Waals surface area contributed by atoms with Crippen molar-refractivity contribution in [2.45, 2.75) is 44.8 Å². The van der Waals surface area contributed by atoms with Crippen LogP contribution in [0.25, 0.3) is 0 Å². The molecule has 1 amide bonds. The number of benzene rings is 1. The van der Waals surface area contributed by atoms with Crippen LogP contribution < -0.4 is 5.73 Å². The summed E-state index contributed by atoms with van der Waals surface area (Å²) in [5.74, 6) is -1.60. The van der Waals surface area contributed by atoms with E-state index in [1.807, 2.05) is 0 Å². The molecule has 1 aromatic carbocycles. The SMILES string of the molecule is CC(C)(C)OC(=O)N1CC[C@H](N)[C@@H](c2cc(F)cc(F)c2)C1. The lowest BCUT2D eigenvalue weighted by Crippen LogP contribution is -2.49. The zero-order valence-electron chi connectivity index (χ0n) is 13.1. The first-order valence-corrected chi connectivity index (χ1v) is 7.35. The predicted octanol–water partition coefficient (Wildman–Crippen LogP) is 3.02. The van der Waals surface area contributed by atoms with Gasteiger partial charge < -0.3 is 15.4 Å². The summed E-state index contributed by atoms with van der Waals surface area (Å²) in [5.41, 5.74) is 5.96. The fraction of sp³-hybridized carbons (Fsp3) is 0.562. The van der Waals surface area contributed by atoms with Crippen molar-refractivity contribution in [2.24, 2.45) is 5.73 Å². The van der Waals surface area contributed by atoms with E-state index in [1.165, 1.54) is 12.1 Å². The zero-order chi connectivity index (χ0) is 16.5. The van der Waals surface area contributed by atoms with Crippen LogP contribution in [0.2, 0.25) is 0 Å². The largest absolute Gasteiger partial charge is 0.444 e. The van der Waals surface area contributed by atoms with Crippen LogP contribution in [0.15, 0.2) is 18.2 Å². The molecule has 0 bridgehead atoms. The van der Waals surface area contributed by atoms with Crippen molar-refractivity contribution >= 4 is 6.09 Å². The number of hydrogen-bond acceptors (Lipinski definition) is 3. The standard InChI is InChI=1S/C16H22F2N2O2/c1-16(2,3)22-15(21)20-5-4-14(19)13(9-20)10-6-11(17)8-12(18)7-10/h6-8,13-14H,4-5,9,19H2,1-3H3/t13-,14+/m1/s1. The molecule has 0 radical (unpaired) electrons. The maximum atomic E-state index is 13.4. The van der Waals surface area contributed by atoms with Crippen molar-refractivity contribution < 1.29 is 18.3 Å². The second-order valence-corrected chi connectivity index (χ2v) is 6.69. The van der Waals surface area contributed by atoms with Gasteiger partial charge in [-0.2, -0.15) is 0 Å². The van der Waals surface area contributed by atoms with Crippen LogP contribution in [-0.2, 0) is 4.74 Å². The van der Waals surface area contributed by atoms with Gasteiger partial charge in [-0.25, -0.2) is 13.6 Å². The number of nitrogens with two attached hydrogens (primary N) is 1. The third-order valence-electron chi connectivity index (χ3n) is 3.63. The molecule has 2 rings (SSSR count). The van der Waals surface area contributed by atoms with E-state index in [9.17, 15) is 13.6 Å². The predicted molar refractivity (Wildman–Crippen MR) is 79.5 cm³/mol. The Morgan fingerprint density at radius 2 is 1.86 bits per heavy atom. The third-order valence-corrected chi connectivity index (χ3v) is 3.63. The molecule has 2 N–H and O–H groups in total. The number of piperidine rings is 1. The molecule has 0 saturated carbocycles. The van der Waals surface area contributed by atoms with Crippen molar-refractivity contribution in [2.75, 3.05) is 13.1 Å². The Bertz CT molecular complexity index is 537. The minimum Gasteiger partial charge on any atom is -0.444 e. The van der Waals surface area contributed by atoms with E-state index >= 15 is 0 Å². The van der Waals surface area contributed by atoms with Crippen LogP contribution in [0.1, 0.15) is 38.7 Å². The van der Waals surface area contributed by atoms with Gasteiger partial charge in [-0.05, 0) is 44.9 Å². The summed E-state index contributed by atoms with van der Waals surface area (Å²) >= 11 is 0. The van der Waals surface area contributed by atoms with Crippen LogP contribution in [-0.4, -0.2) is 35.7 Å². The second kappa shape index (κ2) is 6.20. The van der Waals surface area contributed by atoms with E-state index in [1.54, 1.807) is 25.7 Å². The second-order valence-electron chi connectivity index (χ2n) is 6.69. The highest BCUT2D eigenvalue weighted by molar-refractivity contribution is 5.68. The van der Waals surface area contributed by atoms with Crippen LogP contribution in [0.4, 0.5) is 13.6 Å². The Balaban J connectivity index is 2.16. The molecule has 0 spiro atoms. The van der Waals surface area contributed by atoms with Crippen molar-refractivity contribution in [3.05, 3.63) is 35.4 Å². The molecular formula is C16H22F2N2O2. The van der Waals surface area contributed by atoms with Gasteiger partial charge in [0, 0.05) is 31.1 Å². The number of likely N-dealkylation sites (tertiary alicyclic amines) is 1. The van der Waals surface area contributed by atoms with Gasteiger partial charge in [-0.1, -0.05) is 0 Å². The van der Waals surface area contributed by atoms with E-state index in [0.29, 0.717) is 25.1 Å². The van der Waals surface area contributed by atoms with E-state index in [0.717, 1.165) is 6.07 Å². The molecule has 1 aliphatic heterocycles. The minimum atomic E-state index is -0.642. The summed E-state index contributed by atoms with van der Waals surface area (Å²) in [6.45, 7) is 6.14. The molecule has 0 aromatic heterocycles. The summed E-state index contributed by atoms with van der Waals surface area (Å²) in [6, 6.07) is 3.11. The molecule has 0 aliphatic carbocycles. The maximum absolute atomic E-state index is 13.4. The van der Waals surface area contributed by atoms with Gasteiger partial charge in [-0.3, -0.25) is 0 Å². The van der Waals surface area contributed by atoms with Gasteiger partial charge in [0.1, 0.15) is 17.2 Å². The van der Waals surface area contributed by atoms with Gasteiger partial charge >= 0.3 is 6.09 Å². The van der Waals surface area contributed by atoms with E-state index in [-0.39, 0.29) is 12.0 Å². The monoisotopic (exact) mass is 312 g/mol. The molecule has 1 fully saturated rings. The fourth-order valence-corrected chi connectivity index (χ4v) is 2.60. The average Bonchev–Trinajstić information content (AvgIpc) is 2.35. The number of rotatable bonds is 1. The Kier molecular flexibility index (Phi) is 4.70. The Morgan fingerprint density at radius 3 is 2.41 bits per heavy atom. The van der Waals surface area contributed by atoms with Crippen LogP contribution >= 0.6 is 0 Å². The van der Waals surface area contributed by atoms with Gasteiger partial charge in [-0.15, -0.1) is 0 Å². The number of ether oxygens (including phenoxy) is 1. The highest BCUT2D eigenvalue weighted by atomic mass is 19.1. The van der Waals surface area contributed by atoms with Crippen LogP contribution in [0.3, 0.4) is 0 Å². The number of carbonyl (C=O) groups is 1. The zero-order valence-corrected chi connectivity index (χ0v) is 13.1. The molecule has 22 heavy (non-hydrogen) atoms. The highest BCUT2D eigenvalue weighted by Gasteiger charge is 2.33. The smallest absolute Gasteiger partial charge is 0.410 e. The topological polar surface area (TPSA) is 55.6 Å². The summed E-state index contributed by atoms with van der Waals surface area (Å²) in [6.07, 6.45) is 0.128. The molecule has 6 heteroatoms. The molecule has 0 unspecified atom stereocenters. The highest BCUT2D eigenvalue weighted by Crippen LogP contribution is 2.28. The first kappa shape index (κ1) is 16.7. The molecule has 1 heterocycles. The fourth-order valence-electron chi connectivity index (χ4n) is 2.60. The maximum Gasteiger partial charge on any atom is 0.410 e. The van der Waals surface area contributed by atoms with Crippen molar-refractivity contribution in [3.63, 3.8) is 0 Å². The quantitative estimate of drug-likeness (QED) is 0.867. The number of carbonyl (C=O) groups excluding carboxylic acids is 1. The molecule has 122 valence electrons. The minimum absolute atomic E-state index is 0.250. The Morgan fingerprint density at radius 1 is 1.27 bits per heavy atom. The lowest BCUT2D eigenvalue weighted by molar-refractivity contribution is 0.0186. The molecule has 2 atom stereocenters.